The smallest absolute Gasteiger partial charge is 0.258 e. The van der Waals surface area contributed by atoms with Crippen molar-refractivity contribution in [1.29, 1.82) is 0 Å². The lowest BCUT2D eigenvalue weighted by Crippen LogP contribution is -2.32. The van der Waals surface area contributed by atoms with Crippen molar-refractivity contribution in [1.82, 2.24) is 20.1 Å². The van der Waals surface area contributed by atoms with E-state index < -0.39 is 0 Å². The first-order chi connectivity index (χ1) is 12.7. The van der Waals surface area contributed by atoms with Crippen LogP contribution >= 0.6 is 0 Å². The van der Waals surface area contributed by atoms with E-state index in [1.807, 2.05) is 62.4 Å². The van der Waals surface area contributed by atoms with Crippen LogP contribution in [0.15, 0.2) is 61.2 Å². The molecule has 0 radical (unpaired) electrons. The Morgan fingerprint density at radius 1 is 1.15 bits per heavy atom. The highest BCUT2D eigenvalue weighted by molar-refractivity contribution is 5.78. The van der Waals surface area contributed by atoms with E-state index in [1.54, 1.807) is 17.2 Å². The van der Waals surface area contributed by atoms with Gasteiger partial charge in [0.25, 0.3) is 5.91 Å². The van der Waals surface area contributed by atoms with E-state index in [1.165, 1.54) is 0 Å². The summed E-state index contributed by atoms with van der Waals surface area (Å²) in [6.07, 6.45) is 4.01. The number of benzene rings is 2. The number of carbonyl (C=O) groups is 1. The number of amides is 1. The summed E-state index contributed by atoms with van der Waals surface area (Å²) < 4.78 is 7.53. The maximum atomic E-state index is 12.4. The molecule has 2 aromatic carbocycles. The molecule has 0 aliphatic carbocycles. The number of aromatic nitrogens is 3. The number of rotatable bonds is 7. The second-order valence-corrected chi connectivity index (χ2v) is 6.07. The first-order valence-corrected chi connectivity index (χ1v) is 8.60. The van der Waals surface area contributed by atoms with Gasteiger partial charge in [-0.15, -0.1) is 10.2 Å². The molecule has 1 aromatic heterocycles. The Morgan fingerprint density at radius 2 is 1.88 bits per heavy atom. The number of hydrogen-bond acceptors (Lipinski definition) is 4. The molecule has 0 bridgehead atoms. The number of aryl methyl sites for hydroxylation is 1. The van der Waals surface area contributed by atoms with Crippen molar-refractivity contribution in [3.63, 3.8) is 0 Å². The van der Waals surface area contributed by atoms with Crippen molar-refractivity contribution in [2.75, 3.05) is 6.61 Å². The van der Waals surface area contributed by atoms with Gasteiger partial charge in [-0.25, -0.2) is 0 Å². The molecule has 3 rings (SSSR count). The van der Waals surface area contributed by atoms with Gasteiger partial charge in [-0.2, -0.15) is 0 Å². The van der Waals surface area contributed by atoms with Crippen LogP contribution in [0.2, 0.25) is 0 Å². The molecule has 0 fully saturated rings. The third-order valence-electron chi connectivity index (χ3n) is 4.12. The van der Waals surface area contributed by atoms with Crippen LogP contribution in [0, 0.1) is 6.92 Å². The third-order valence-corrected chi connectivity index (χ3v) is 4.12. The van der Waals surface area contributed by atoms with Crippen LogP contribution < -0.4 is 10.1 Å². The number of ether oxygens (including phenoxy) is 1. The highest BCUT2D eigenvalue weighted by Gasteiger charge is 2.14. The minimum absolute atomic E-state index is 0.0253. The van der Waals surface area contributed by atoms with Gasteiger partial charge >= 0.3 is 0 Å². The van der Waals surface area contributed by atoms with Gasteiger partial charge in [0, 0.05) is 0 Å². The zero-order valence-electron chi connectivity index (χ0n) is 14.9. The maximum absolute atomic E-state index is 12.4. The van der Waals surface area contributed by atoms with E-state index >= 15 is 0 Å². The third kappa shape index (κ3) is 4.27. The summed E-state index contributed by atoms with van der Waals surface area (Å²) in [5.74, 6) is 0.453. The van der Waals surface area contributed by atoms with E-state index in [0.29, 0.717) is 5.75 Å². The Kier molecular flexibility index (Phi) is 5.63. The second-order valence-electron chi connectivity index (χ2n) is 6.07. The van der Waals surface area contributed by atoms with Gasteiger partial charge in [0.2, 0.25) is 0 Å². The molecule has 0 unspecified atom stereocenters. The lowest BCUT2D eigenvalue weighted by atomic mass is 10.0. The molecule has 0 aliphatic heterocycles. The molecule has 0 saturated carbocycles. The SMILES string of the molecule is CC[C@H](NC(=O)COc1ccc(C)cc1-n1cnnc1)c1ccccc1. The standard InChI is InChI=1S/C20H22N4O2/c1-3-17(16-7-5-4-6-8-16)23-20(25)12-26-19-10-9-15(2)11-18(19)24-13-21-22-14-24/h4-11,13-14,17H,3,12H2,1-2H3,(H,23,25)/t17-/m0/s1. The summed E-state index contributed by atoms with van der Waals surface area (Å²) in [7, 11) is 0. The fourth-order valence-corrected chi connectivity index (χ4v) is 2.76. The first-order valence-electron chi connectivity index (χ1n) is 8.60. The summed E-state index contributed by atoms with van der Waals surface area (Å²) in [6, 6.07) is 15.7. The van der Waals surface area contributed by atoms with Gasteiger partial charge in [-0.1, -0.05) is 43.3 Å². The van der Waals surface area contributed by atoms with Gasteiger partial charge in [0.15, 0.2) is 6.61 Å². The highest BCUT2D eigenvalue weighted by Crippen LogP contribution is 2.24. The van der Waals surface area contributed by atoms with Gasteiger partial charge in [-0.3, -0.25) is 9.36 Å². The van der Waals surface area contributed by atoms with E-state index in [2.05, 4.69) is 15.5 Å². The van der Waals surface area contributed by atoms with Crippen LogP contribution in [0.4, 0.5) is 0 Å². The van der Waals surface area contributed by atoms with Crippen molar-refractivity contribution in [2.45, 2.75) is 26.3 Å². The van der Waals surface area contributed by atoms with Crippen LogP contribution in [-0.2, 0) is 4.79 Å². The molecule has 26 heavy (non-hydrogen) atoms. The van der Waals surface area contributed by atoms with Gasteiger partial charge < -0.3 is 10.1 Å². The van der Waals surface area contributed by atoms with Crippen LogP contribution in [0.3, 0.4) is 0 Å². The molecule has 1 heterocycles. The number of nitrogens with one attached hydrogen (secondary N) is 1. The molecule has 6 heteroatoms. The summed E-state index contributed by atoms with van der Waals surface area (Å²) in [4.78, 5) is 12.4. The van der Waals surface area contributed by atoms with Crippen molar-refractivity contribution in [2.24, 2.45) is 0 Å². The minimum Gasteiger partial charge on any atom is -0.482 e. The van der Waals surface area contributed by atoms with Crippen molar-refractivity contribution >= 4 is 5.91 Å². The van der Waals surface area contributed by atoms with E-state index in [9.17, 15) is 4.79 Å². The average Bonchev–Trinajstić information content (AvgIpc) is 3.20. The maximum Gasteiger partial charge on any atom is 0.258 e. The van der Waals surface area contributed by atoms with Crippen molar-refractivity contribution < 1.29 is 9.53 Å². The predicted octanol–water partition coefficient (Wildman–Crippen LogP) is 3.22. The lowest BCUT2D eigenvalue weighted by Gasteiger charge is -2.18. The minimum atomic E-state index is -0.156. The Hall–Kier alpha value is -3.15. The quantitative estimate of drug-likeness (QED) is 0.710. The molecule has 1 amide bonds. The summed E-state index contributed by atoms with van der Waals surface area (Å²) >= 11 is 0. The largest absolute Gasteiger partial charge is 0.482 e. The molecule has 0 aliphatic rings. The fourth-order valence-electron chi connectivity index (χ4n) is 2.76. The molecule has 1 N–H and O–H groups in total. The average molecular weight is 350 g/mol. The Labute approximate surface area is 152 Å². The number of nitrogens with zero attached hydrogens (tertiary/aromatic N) is 3. The van der Waals surface area contributed by atoms with Gasteiger partial charge in [-0.05, 0) is 36.6 Å². The Balaban J connectivity index is 1.66. The zero-order valence-corrected chi connectivity index (χ0v) is 14.9. The molecule has 3 aromatic rings. The molecule has 0 spiro atoms. The normalized spacial score (nSPS) is 11.8. The fraction of sp³-hybridized carbons (Fsp3) is 0.250. The van der Waals surface area contributed by atoms with E-state index in [0.717, 1.165) is 23.2 Å². The monoisotopic (exact) mass is 350 g/mol. The van der Waals surface area contributed by atoms with E-state index in [-0.39, 0.29) is 18.6 Å². The topological polar surface area (TPSA) is 69.0 Å². The summed E-state index contributed by atoms with van der Waals surface area (Å²) in [6.45, 7) is 3.99. The Morgan fingerprint density at radius 3 is 2.58 bits per heavy atom. The van der Waals surface area contributed by atoms with Crippen molar-refractivity contribution in [3.8, 4) is 11.4 Å². The predicted molar refractivity (Wildman–Crippen MR) is 99.2 cm³/mol. The number of carbonyl (C=O) groups excluding carboxylic acids is 1. The van der Waals surface area contributed by atoms with Gasteiger partial charge in [0.1, 0.15) is 18.4 Å². The molecule has 134 valence electrons. The van der Waals surface area contributed by atoms with Gasteiger partial charge in [0.05, 0.1) is 11.7 Å². The lowest BCUT2D eigenvalue weighted by molar-refractivity contribution is -0.123. The van der Waals surface area contributed by atoms with Crippen molar-refractivity contribution in [3.05, 3.63) is 72.3 Å². The summed E-state index contributed by atoms with van der Waals surface area (Å²) in [5.41, 5.74) is 2.97. The molecular formula is C20H22N4O2. The molecule has 1 atom stereocenters. The van der Waals surface area contributed by atoms with Crippen LogP contribution in [0.5, 0.6) is 5.75 Å². The van der Waals surface area contributed by atoms with Crippen LogP contribution in [0.1, 0.15) is 30.5 Å². The van der Waals surface area contributed by atoms with E-state index in [4.69, 9.17) is 4.74 Å². The highest BCUT2D eigenvalue weighted by atomic mass is 16.5. The Bertz CT molecular complexity index is 848. The van der Waals surface area contributed by atoms with Crippen LogP contribution in [0.25, 0.3) is 5.69 Å². The van der Waals surface area contributed by atoms with Crippen LogP contribution in [-0.4, -0.2) is 27.3 Å². The molecule has 0 saturated heterocycles. The zero-order chi connectivity index (χ0) is 18.4. The molecule has 6 nitrogen and oxygen atoms in total. The summed E-state index contributed by atoms with van der Waals surface area (Å²) in [5, 5.41) is 10.7. The second kappa shape index (κ2) is 8.29. The molecular weight excluding hydrogens is 328 g/mol. The first kappa shape index (κ1) is 17.7. The number of hydrogen-bond donors (Lipinski definition) is 1.